The minimum absolute atomic E-state index is 0.0777. The molecule has 17 heavy (non-hydrogen) atoms. The second kappa shape index (κ2) is 6.15. The molecule has 0 atom stereocenters. The molecule has 0 aliphatic heterocycles. The van der Waals surface area contributed by atoms with E-state index in [1.54, 1.807) is 6.07 Å². The molecule has 0 heterocycles. The number of hydrogen-bond acceptors (Lipinski definition) is 3. The Morgan fingerprint density at radius 1 is 1.59 bits per heavy atom. The van der Waals surface area contributed by atoms with Crippen LogP contribution in [-0.2, 0) is 4.79 Å². The fraction of sp³-hybridized carbons (Fsp3) is 0.273. The first-order valence-corrected chi connectivity index (χ1v) is 5.38. The van der Waals surface area contributed by atoms with Crippen LogP contribution in [-0.4, -0.2) is 24.6 Å². The fourth-order valence-corrected chi connectivity index (χ4v) is 1.28. The Hall–Kier alpha value is -1.69. The van der Waals surface area contributed by atoms with Crippen molar-refractivity contribution in [2.75, 3.05) is 13.7 Å². The van der Waals surface area contributed by atoms with E-state index >= 15 is 0 Å². The van der Waals surface area contributed by atoms with E-state index in [9.17, 15) is 9.18 Å². The van der Waals surface area contributed by atoms with Crippen LogP contribution >= 0.6 is 12.2 Å². The lowest BCUT2D eigenvalue weighted by Crippen LogP contribution is -2.20. The minimum atomic E-state index is -0.549. The Bertz CT molecular complexity index is 437. The fourth-order valence-electron chi connectivity index (χ4n) is 1.15. The zero-order valence-electron chi connectivity index (χ0n) is 9.33. The maximum absolute atomic E-state index is 13.5. The van der Waals surface area contributed by atoms with Crippen LogP contribution < -0.4 is 15.8 Å². The number of nitrogens with two attached hydrogens (primary N) is 1. The third-order valence-electron chi connectivity index (χ3n) is 2.08. The van der Waals surface area contributed by atoms with Crippen molar-refractivity contribution in [2.24, 2.45) is 5.73 Å². The highest BCUT2D eigenvalue weighted by atomic mass is 32.1. The van der Waals surface area contributed by atoms with Crippen molar-refractivity contribution >= 4 is 23.1 Å². The summed E-state index contributed by atoms with van der Waals surface area (Å²) in [5.41, 5.74) is 5.80. The van der Waals surface area contributed by atoms with Crippen molar-refractivity contribution in [3.8, 4) is 5.75 Å². The van der Waals surface area contributed by atoms with Crippen LogP contribution in [0.5, 0.6) is 5.75 Å². The molecule has 0 fully saturated rings. The van der Waals surface area contributed by atoms with Gasteiger partial charge < -0.3 is 15.8 Å². The van der Waals surface area contributed by atoms with Gasteiger partial charge in [-0.2, -0.15) is 0 Å². The van der Waals surface area contributed by atoms with Gasteiger partial charge in [0, 0.05) is 12.6 Å². The molecule has 92 valence electrons. The van der Waals surface area contributed by atoms with Crippen molar-refractivity contribution in [2.45, 2.75) is 6.42 Å². The van der Waals surface area contributed by atoms with Crippen molar-refractivity contribution < 1.29 is 13.9 Å². The molecule has 0 bridgehead atoms. The summed E-state index contributed by atoms with van der Waals surface area (Å²) < 4.78 is 18.6. The quantitative estimate of drug-likeness (QED) is 0.771. The number of carbonyl (C=O) groups excluding carboxylic acids is 1. The maximum Gasteiger partial charge on any atom is 0.223 e. The first-order chi connectivity index (χ1) is 8.04. The number of ether oxygens (including phenoxy) is 1. The summed E-state index contributed by atoms with van der Waals surface area (Å²) in [6.07, 6.45) is 0.174. The molecule has 1 aromatic carbocycles. The third kappa shape index (κ3) is 3.99. The second-order valence-electron chi connectivity index (χ2n) is 3.28. The average molecular weight is 256 g/mol. The molecule has 0 aromatic heterocycles. The summed E-state index contributed by atoms with van der Waals surface area (Å²) in [4.78, 5) is 11.0. The van der Waals surface area contributed by atoms with Crippen molar-refractivity contribution in [1.82, 2.24) is 5.32 Å². The highest BCUT2D eigenvalue weighted by molar-refractivity contribution is 7.80. The Morgan fingerprint density at radius 2 is 2.29 bits per heavy atom. The van der Waals surface area contributed by atoms with Gasteiger partial charge in [-0.3, -0.25) is 4.79 Å². The number of amides is 1. The molecule has 3 N–H and O–H groups in total. The zero-order valence-corrected chi connectivity index (χ0v) is 10.1. The minimum Gasteiger partial charge on any atom is -0.490 e. The van der Waals surface area contributed by atoms with Gasteiger partial charge in [0.15, 0.2) is 11.6 Å². The van der Waals surface area contributed by atoms with Crippen LogP contribution in [0, 0.1) is 5.82 Å². The number of nitrogens with one attached hydrogen (secondary N) is 1. The lowest BCUT2D eigenvalue weighted by atomic mass is 10.2. The van der Waals surface area contributed by atoms with Gasteiger partial charge in [-0.05, 0) is 18.2 Å². The zero-order chi connectivity index (χ0) is 12.8. The Morgan fingerprint density at radius 3 is 2.82 bits per heavy atom. The van der Waals surface area contributed by atoms with E-state index in [0.29, 0.717) is 5.56 Å². The number of carbonyl (C=O) groups is 1. The van der Waals surface area contributed by atoms with Crippen LogP contribution in [0.4, 0.5) is 4.39 Å². The van der Waals surface area contributed by atoms with E-state index in [-0.39, 0.29) is 29.7 Å². The number of benzene rings is 1. The van der Waals surface area contributed by atoms with Crippen molar-refractivity contribution in [3.05, 3.63) is 29.6 Å². The summed E-state index contributed by atoms with van der Waals surface area (Å²) >= 11 is 4.72. The normalized spacial score (nSPS) is 9.76. The van der Waals surface area contributed by atoms with Gasteiger partial charge in [-0.15, -0.1) is 0 Å². The summed E-state index contributed by atoms with van der Waals surface area (Å²) in [6, 6.07) is 4.21. The number of halogens is 1. The summed E-state index contributed by atoms with van der Waals surface area (Å²) in [5, 5.41) is 2.44. The molecule has 0 radical (unpaired) electrons. The average Bonchev–Trinajstić information content (AvgIpc) is 2.30. The number of hydrogen-bond donors (Lipinski definition) is 2. The molecule has 0 saturated heterocycles. The van der Waals surface area contributed by atoms with Crippen molar-refractivity contribution in [3.63, 3.8) is 0 Å². The third-order valence-corrected chi connectivity index (χ3v) is 2.32. The maximum atomic E-state index is 13.5. The van der Waals surface area contributed by atoms with Crippen molar-refractivity contribution in [1.29, 1.82) is 0 Å². The SMILES string of the molecule is CNC(=O)CCOc1ccc(C(N)=S)cc1F. The first-order valence-electron chi connectivity index (χ1n) is 4.97. The van der Waals surface area contributed by atoms with E-state index in [1.165, 1.54) is 19.2 Å². The molecule has 4 nitrogen and oxygen atoms in total. The molecule has 0 spiro atoms. The number of rotatable bonds is 5. The van der Waals surface area contributed by atoms with E-state index in [0.717, 1.165) is 0 Å². The molecule has 0 aliphatic carbocycles. The molecule has 6 heteroatoms. The first kappa shape index (κ1) is 13.4. The molecule has 1 amide bonds. The second-order valence-corrected chi connectivity index (χ2v) is 3.72. The van der Waals surface area contributed by atoms with Gasteiger partial charge in [0.2, 0.25) is 5.91 Å². The van der Waals surface area contributed by atoms with Crippen LogP contribution in [0.3, 0.4) is 0 Å². The lowest BCUT2D eigenvalue weighted by molar-refractivity contribution is -0.121. The highest BCUT2D eigenvalue weighted by Gasteiger charge is 2.07. The van der Waals surface area contributed by atoms with Gasteiger partial charge in [0.05, 0.1) is 13.0 Å². The molecule has 0 unspecified atom stereocenters. The largest absolute Gasteiger partial charge is 0.490 e. The van der Waals surface area contributed by atoms with Crippen LogP contribution in [0.15, 0.2) is 18.2 Å². The van der Waals surface area contributed by atoms with Gasteiger partial charge in [0.25, 0.3) is 0 Å². The van der Waals surface area contributed by atoms with E-state index in [1.807, 2.05) is 0 Å². The standard InChI is InChI=1S/C11H13FN2O2S/c1-14-10(15)4-5-16-9-3-2-7(11(13)17)6-8(9)12/h2-3,6H,4-5H2,1H3,(H2,13,17)(H,14,15). The van der Waals surface area contributed by atoms with Gasteiger partial charge in [0.1, 0.15) is 4.99 Å². The smallest absolute Gasteiger partial charge is 0.223 e. The summed E-state index contributed by atoms with van der Waals surface area (Å²) in [7, 11) is 1.53. The lowest BCUT2D eigenvalue weighted by Gasteiger charge is -2.07. The summed E-state index contributed by atoms with van der Waals surface area (Å²) in [5.74, 6) is -0.633. The molecule has 0 aliphatic rings. The summed E-state index contributed by atoms with van der Waals surface area (Å²) in [6.45, 7) is 0.114. The molecular weight excluding hydrogens is 243 g/mol. The van der Waals surface area contributed by atoms with E-state index in [2.05, 4.69) is 5.32 Å². The highest BCUT2D eigenvalue weighted by Crippen LogP contribution is 2.18. The van der Waals surface area contributed by atoms with E-state index < -0.39 is 5.82 Å². The number of thiocarbonyl (C=S) groups is 1. The van der Waals surface area contributed by atoms with Gasteiger partial charge in [-0.25, -0.2) is 4.39 Å². The topological polar surface area (TPSA) is 64.3 Å². The van der Waals surface area contributed by atoms with E-state index in [4.69, 9.17) is 22.7 Å². The Labute approximate surface area is 104 Å². The predicted molar refractivity (Wildman–Crippen MR) is 66.5 cm³/mol. The molecule has 1 aromatic rings. The predicted octanol–water partition coefficient (Wildman–Crippen LogP) is 0.975. The monoisotopic (exact) mass is 256 g/mol. The molecule has 1 rings (SSSR count). The van der Waals surface area contributed by atoms with Crippen LogP contribution in [0.2, 0.25) is 0 Å². The van der Waals surface area contributed by atoms with Gasteiger partial charge in [-0.1, -0.05) is 12.2 Å². The van der Waals surface area contributed by atoms with Crippen LogP contribution in [0.25, 0.3) is 0 Å². The van der Waals surface area contributed by atoms with Gasteiger partial charge >= 0.3 is 0 Å². The molecule has 0 saturated carbocycles. The molecular formula is C11H13FN2O2S. The Kier molecular flexibility index (Phi) is 4.84. The Balaban J connectivity index is 2.60. The van der Waals surface area contributed by atoms with Crippen LogP contribution in [0.1, 0.15) is 12.0 Å².